The van der Waals surface area contributed by atoms with Crippen LogP contribution < -0.4 is 4.31 Å². The van der Waals surface area contributed by atoms with Gasteiger partial charge in [0.25, 0.3) is 10.0 Å². The maximum absolute atomic E-state index is 13.8. The van der Waals surface area contributed by atoms with E-state index >= 15 is 0 Å². The summed E-state index contributed by atoms with van der Waals surface area (Å²) in [5.74, 6) is -0.478. The summed E-state index contributed by atoms with van der Waals surface area (Å²) in [4.78, 5) is 12.0. The fourth-order valence-electron chi connectivity index (χ4n) is 3.30. The van der Waals surface area contributed by atoms with Crippen LogP contribution in [0.4, 0.5) is 5.69 Å². The third-order valence-electron chi connectivity index (χ3n) is 5.03. The summed E-state index contributed by atoms with van der Waals surface area (Å²) in [6.07, 6.45) is 0. The normalized spacial score (nSPS) is 11.3. The van der Waals surface area contributed by atoms with Gasteiger partial charge in [-0.05, 0) is 43.3 Å². The number of para-hydroxylation sites is 1. The van der Waals surface area contributed by atoms with Gasteiger partial charge in [-0.3, -0.25) is 4.31 Å². The van der Waals surface area contributed by atoms with Gasteiger partial charge < -0.3 is 9.15 Å². The van der Waals surface area contributed by atoms with E-state index in [1.807, 2.05) is 31.2 Å². The van der Waals surface area contributed by atoms with Gasteiger partial charge in [-0.2, -0.15) is 0 Å². The van der Waals surface area contributed by atoms with Crippen molar-refractivity contribution < 1.29 is 22.4 Å². The molecule has 34 heavy (non-hydrogen) atoms. The SMILES string of the molecule is COC(=O)c1ccccc1S(=O)(=O)N(Cc1nnc(-c2ccc(C)cc2)o1)c1ccccc1Cl. The molecule has 0 aliphatic heterocycles. The average molecular weight is 498 g/mol. The first-order chi connectivity index (χ1) is 16.3. The number of methoxy groups -OCH3 is 1. The van der Waals surface area contributed by atoms with E-state index in [0.717, 1.165) is 9.87 Å². The van der Waals surface area contributed by atoms with Crippen molar-refractivity contribution in [3.05, 3.63) is 94.8 Å². The largest absolute Gasteiger partial charge is 0.465 e. The minimum atomic E-state index is -4.30. The molecule has 4 rings (SSSR count). The molecule has 8 nitrogen and oxygen atoms in total. The molecule has 10 heteroatoms. The zero-order valence-corrected chi connectivity index (χ0v) is 19.9. The zero-order valence-electron chi connectivity index (χ0n) is 18.3. The van der Waals surface area contributed by atoms with Crippen molar-refractivity contribution in [2.75, 3.05) is 11.4 Å². The predicted octanol–water partition coefficient (Wildman–Crippen LogP) is 4.88. The van der Waals surface area contributed by atoms with Crippen molar-refractivity contribution in [3.8, 4) is 11.5 Å². The van der Waals surface area contributed by atoms with E-state index in [0.29, 0.717) is 5.56 Å². The lowest BCUT2D eigenvalue weighted by atomic mass is 10.1. The lowest BCUT2D eigenvalue weighted by Crippen LogP contribution is -2.32. The van der Waals surface area contributed by atoms with Gasteiger partial charge >= 0.3 is 5.97 Å². The van der Waals surface area contributed by atoms with Gasteiger partial charge in [-0.1, -0.05) is 53.6 Å². The Morgan fingerprint density at radius 1 is 1.00 bits per heavy atom. The van der Waals surface area contributed by atoms with E-state index < -0.39 is 16.0 Å². The van der Waals surface area contributed by atoms with Crippen LogP contribution in [0.2, 0.25) is 5.02 Å². The molecule has 0 aliphatic carbocycles. The van der Waals surface area contributed by atoms with E-state index in [2.05, 4.69) is 10.2 Å². The van der Waals surface area contributed by atoms with Crippen LogP contribution in [-0.2, 0) is 21.3 Å². The number of aryl methyl sites for hydroxylation is 1. The molecule has 0 atom stereocenters. The lowest BCUT2D eigenvalue weighted by molar-refractivity contribution is 0.0596. The molecule has 0 fully saturated rings. The summed E-state index contributed by atoms with van der Waals surface area (Å²) in [5, 5.41) is 8.28. The summed E-state index contributed by atoms with van der Waals surface area (Å²) >= 11 is 6.36. The van der Waals surface area contributed by atoms with E-state index in [1.165, 1.54) is 25.3 Å². The highest BCUT2D eigenvalue weighted by Crippen LogP contribution is 2.33. The number of hydrogen-bond donors (Lipinski definition) is 0. The van der Waals surface area contributed by atoms with Gasteiger partial charge in [0.1, 0.15) is 11.4 Å². The van der Waals surface area contributed by atoms with E-state index in [9.17, 15) is 13.2 Å². The summed E-state index contributed by atoms with van der Waals surface area (Å²) in [6, 6.07) is 19.7. The number of carbonyl (C=O) groups excluding carboxylic acids is 1. The van der Waals surface area contributed by atoms with Crippen molar-refractivity contribution in [2.24, 2.45) is 0 Å². The molecule has 0 unspecified atom stereocenters. The van der Waals surface area contributed by atoms with Crippen LogP contribution in [0.3, 0.4) is 0 Å². The fraction of sp³-hybridized carbons (Fsp3) is 0.125. The molecule has 1 heterocycles. The van der Waals surface area contributed by atoms with Crippen LogP contribution in [0.25, 0.3) is 11.5 Å². The molecule has 0 saturated heterocycles. The number of ether oxygens (including phenoxy) is 1. The second-order valence-electron chi connectivity index (χ2n) is 7.32. The first-order valence-corrected chi connectivity index (χ1v) is 12.0. The average Bonchev–Trinajstić information content (AvgIpc) is 3.31. The number of hydrogen-bond acceptors (Lipinski definition) is 7. The molecule has 174 valence electrons. The van der Waals surface area contributed by atoms with Gasteiger partial charge in [0.15, 0.2) is 0 Å². The zero-order chi connectivity index (χ0) is 24.3. The van der Waals surface area contributed by atoms with Crippen LogP contribution >= 0.6 is 11.6 Å². The van der Waals surface area contributed by atoms with Crippen LogP contribution in [0.15, 0.2) is 82.1 Å². The molecule has 0 N–H and O–H groups in total. The highest BCUT2D eigenvalue weighted by atomic mass is 35.5. The minimum Gasteiger partial charge on any atom is -0.465 e. The number of rotatable bonds is 7. The van der Waals surface area contributed by atoms with Crippen molar-refractivity contribution in [2.45, 2.75) is 18.4 Å². The highest BCUT2D eigenvalue weighted by Gasteiger charge is 2.32. The quantitative estimate of drug-likeness (QED) is 0.335. The minimum absolute atomic E-state index is 0.0506. The number of halogens is 1. The van der Waals surface area contributed by atoms with E-state index in [-0.39, 0.29) is 39.5 Å². The van der Waals surface area contributed by atoms with E-state index in [4.69, 9.17) is 20.8 Å². The highest BCUT2D eigenvalue weighted by molar-refractivity contribution is 7.92. The van der Waals surface area contributed by atoms with E-state index in [1.54, 1.807) is 30.3 Å². The lowest BCUT2D eigenvalue weighted by Gasteiger charge is -2.24. The summed E-state index contributed by atoms with van der Waals surface area (Å²) in [5.41, 5.74) is 1.86. The Labute approximate surface area is 201 Å². The molecule has 0 aliphatic rings. The molecular weight excluding hydrogens is 478 g/mol. The Bertz CT molecular complexity index is 1440. The maximum Gasteiger partial charge on any atom is 0.339 e. The number of carbonyl (C=O) groups is 1. The number of benzene rings is 3. The topological polar surface area (TPSA) is 103 Å². The summed E-state index contributed by atoms with van der Waals surface area (Å²) in [6.45, 7) is 1.65. The van der Waals surface area contributed by atoms with Crippen molar-refractivity contribution in [1.82, 2.24) is 10.2 Å². The molecule has 0 amide bonds. The summed E-state index contributed by atoms with van der Waals surface area (Å²) < 4.78 is 39.2. The number of esters is 1. The fourth-order valence-corrected chi connectivity index (χ4v) is 5.20. The molecule has 1 aromatic heterocycles. The summed E-state index contributed by atoms with van der Waals surface area (Å²) in [7, 11) is -3.12. The number of aromatic nitrogens is 2. The third kappa shape index (κ3) is 4.66. The van der Waals surface area contributed by atoms with Crippen molar-refractivity contribution in [1.29, 1.82) is 0 Å². The second-order valence-corrected chi connectivity index (χ2v) is 9.56. The number of sulfonamides is 1. The Morgan fingerprint density at radius 3 is 2.38 bits per heavy atom. The number of nitrogens with zero attached hydrogens (tertiary/aromatic N) is 3. The van der Waals surface area contributed by atoms with Crippen LogP contribution in [0.5, 0.6) is 0 Å². The third-order valence-corrected chi connectivity index (χ3v) is 7.16. The molecule has 4 aromatic rings. The smallest absolute Gasteiger partial charge is 0.339 e. The first-order valence-electron chi connectivity index (χ1n) is 10.2. The number of anilines is 1. The van der Waals surface area contributed by atoms with Crippen molar-refractivity contribution in [3.63, 3.8) is 0 Å². The first kappa shape index (κ1) is 23.5. The Balaban J connectivity index is 1.79. The molecule has 0 spiro atoms. The molecule has 0 bridgehead atoms. The van der Waals surface area contributed by atoms with Gasteiger partial charge in [0, 0.05) is 5.56 Å². The van der Waals surface area contributed by atoms with Crippen molar-refractivity contribution >= 4 is 33.3 Å². The standard InChI is InChI=1S/C24H20ClN3O5S/c1-16-11-13-17(14-12-16)23-27-26-22(33-23)15-28(20-9-5-4-8-19(20)25)34(30,31)21-10-6-3-7-18(21)24(29)32-2/h3-14H,15H2,1-2H3. The molecule has 3 aromatic carbocycles. The molecule has 0 radical (unpaired) electrons. The maximum atomic E-state index is 13.8. The Hall–Kier alpha value is -3.69. The van der Waals surface area contributed by atoms with Gasteiger partial charge in [-0.25, -0.2) is 13.2 Å². The van der Waals surface area contributed by atoms with Gasteiger partial charge in [0.05, 0.1) is 23.4 Å². The van der Waals surface area contributed by atoms with Gasteiger partial charge in [0.2, 0.25) is 11.8 Å². The monoisotopic (exact) mass is 497 g/mol. The van der Waals surface area contributed by atoms with Crippen LogP contribution in [0, 0.1) is 6.92 Å². The van der Waals surface area contributed by atoms with Crippen LogP contribution in [-0.4, -0.2) is 31.7 Å². The van der Waals surface area contributed by atoms with Crippen LogP contribution in [0.1, 0.15) is 21.8 Å². The van der Waals surface area contributed by atoms with Gasteiger partial charge in [-0.15, -0.1) is 10.2 Å². The predicted molar refractivity (Wildman–Crippen MR) is 127 cm³/mol. The Morgan fingerprint density at radius 2 is 1.68 bits per heavy atom. The Kier molecular flexibility index (Phi) is 6.67. The molecule has 0 saturated carbocycles. The molecular formula is C24H20ClN3O5S. The second kappa shape index (κ2) is 9.66.